The van der Waals surface area contributed by atoms with E-state index in [2.05, 4.69) is 16.1 Å². The number of methoxy groups -OCH3 is 1. The monoisotopic (exact) mass is 460 g/mol. The Balaban J connectivity index is 1.64. The summed E-state index contributed by atoms with van der Waals surface area (Å²) in [5.74, 6) is -1.04. The highest BCUT2D eigenvalue weighted by molar-refractivity contribution is 6.11. The van der Waals surface area contributed by atoms with Gasteiger partial charge in [-0.3, -0.25) is 4.79 Å². The van der Waals surface area contributed by atoms with Gasteiger partial charge in [-0.25, -0.2) is 4.79 Å². The zero-order valence-electron chi connectivity index (χ0n) is 18.9. The van der Waals surface area contributed by atoms with Crippen molar-refractivity contribution in [2.24, 2.45) is 0 Å². The van der Waals surface area contributed by atoms with E-state index >= 15 is 0 Å². The molecule has 0 unspecified atom stereocenters. The van der Waals surface area contributed by atoms with Gasteiger partial charge in [0.15, 0.2) is 0 Å². The number of para-hydroxylation sites is 1. The van der Waals surface area contributed by atoms with Crippen molar-refractivity contribution in [2.75, 3.05) is 12.4 Å². The standard InChI is InChI=1S/C28H20N4O3/c1-35-28(34)19-10-12-24(13-11-19)31-27(33)22(16-30)14-23-18-32(26-9-5-4-8-25(23)26)17-21-7-3-2-6-20(21)15-29/h2-14,18H,17H2,1H3,(H,31,33). The zero-order valence-corrected chi connectivity index (χ0v) is 18.9. The van der Waals surface area contributed by atoms with Crippen molar-refractivity contribution in [3.8, 4) is 12.1 Å². The molecule has 35 heavy (non-hydrogen) atoms. The maximum absolute atomic E-state index is 12.8. The maximum Gasteiger partial charge on any atom is 0.337 e. The Morgan fingerprint density at radius 2 is 1.71 bits per heavy atom. The Kier molecular flexibility index (Phi) is 6.71. The summed E-state index contributed by atoms with van der Waals surface area (Å²) in [7, 11) is 1.29. The molecule has 1 amide bonds. The van der Waals surface area contributed by atoms with E-state index in [-0.39, 0.29) is 5.57 Å². The van der Waals surface area contributed by atoms with E-state index in [1.54, 1.807) is 24.3 Å². The number of anilines is 1. The minimum absolute atomic E-state index is 0.0672. The number of benzene rings is 3. The van der Waals surface area contributed by atoms with Gasteiger partial charge < -0.3 is 14.6 Å². The van der Waals surface area contributed by atoms with Crippen LogP contribution in [-0.2, 0) is 16.1 Å². The van der Waals surface area contributed by atoms with E-state index in [4.69, 9.17) is 0 Å². The predicted octanol–water partition coefficient (Wildman–Crippen LogP) is 4.89. The summed E-state index contributed by atoms with van der Waals surface area (Å²) in [4.78, 5) is 24.4. The molecular formula is C28H20N4O3. The lowest BCUT2D eigenvalue weighted by atomic mass is 10.1. The van der Waals surface area contributed by atoms with Gasteiger partial charge in [-0.15, -0.1) is 0 Å². The molecule has 0 fully saturated rings. The molecule has 0 bridgehead atoms. The van der Waals surface area contributed by atoms with Gasteiger partial charge in [0.05, 0.1) is 24.3 Å². The molecule has 0 aliphatic heterocycles. The highest BCUT2D eigenvalue weighted by atomic mass is 16.5. The van der Waals surface area contributed by atoms with Crippen LogP contribution < -0.4 is 5.32 Å². The number of amides is 1. The Hall–Kier alpha value is -5.14. The first kappa shape index (κ1) is 23.0. The summed E-state index contributed by atoms with van der Waals surface area (Å²) in [6, 6.07) is 25.5. The second-order valence-corrected chi connectivity index (χ2v) is 7.69. The predicted molar refractivity (Wildman–Crippen MR) is 132 cm³/mol. The molecule has 1 heterocycles. The van der Waals surface area contributed by atoms with Crippen LogP contribution in [0.15, 0.2) is 84.6 Å². The first-order chi connectivity index (χ1) is 17.0. The van der Waals surface area contributed by atoms with E-state index in [0.717, 1.165) is 16.5 Å². The Morgan fingerprint density at radius 3 is 2.43 bits per heavy atom. The smallest absolute Gasteiger partial charge is 0.337 e. The molecule has 7 heteroatoms. The van der Waals surface area contributed by atoms with Crippen molar-refractivity contribution in [3.63, 3.8) is 0 Å². The molecule has 4 rings (SSSR count). The second kappa shape index (κ2) is 10.2. The van der Waals surface area contributed by atoms with Crippen molar-refractivity contribution in [3.05, 3.63) is 107 Å². The minimum atomic E-state index is -0.565. The van der Waals surface area contributed by atoms with Crippen LogP contribution in [-0.4, -0.2) is 23.6 Å². The van der Waals surface area contributed by atoms with Crippen molar-refractivity contribution >= 4 is 34.5 Å². The van der Waals surface area contributed by atoms with E-state index in [9.17, 15) is 20.1 Å². The van der Waals surface area contributed by atoms with Gasteiger partial charge in [0, 0.05) is 34.9 Å². The van der Waals surface area contributed by atoms with Crippen molar-refractivity contribution < 1.29 is 14.3 Å². The van der Waals surface area contributed by atoms with E-state index in [0.29, 0.717) is 28.9 Å². The third-order valence-electron chi connectivity index (χ3n) is 5.53. The lowest BCUT2D eigenvalue weighted by molar-refractivity contribution is -0.112. The molecular weight excluding hydrogens is 440 g/mol. The van der Waals surface area contributed by atoms with Crippen LogP contribution in [0.2, 0.25) is 0 Å². The van der Waals surface area contributed by atoms with Crippen LogP contribution in [0.1, 0.15) is 27.0 Å². The number of rotatable bonds is 6. The fourth-order valence-corrected chi connectivity index (χ4v) is 3.78. The number of hydrogen-bond acceptors (Lipinski definition) is 5. The number of carbonyl (C=O) groups excluding carboxylic acids is 2. The van der Waals surface area contributed by atoms with Crippen molar-refractivity contribution in [1.82, 2.24) is 4.57 Å². The number of aromatic nitrogens is 1. The second-order valence-electron chi connectivity index (χ2n) is 7.69. The number of esters is 1. The third-order valence-corrected chi connectivity index (χ3v) is 5.53. The zero-order chi connectivity index (χ0) is 24.8. The van der Waals surface area contributed by atoms with Crippen LogP contribution in [0.3, 0.4) is 0 Å². The number of nitrogens with zero attached hydrogens (tertiary/aromatic N) is 3. The maximum atomic E-state index is 12.8. The van der Waals surface area contributed by atoms with Gasteiger partial charge in [0.2, 0.25) is 0 Å². The number of carbonyl (C=O) groups is 2. The Labute approximate surface area is 202 Å². The van der Waals surface area contributed by atoms with Crippen LogP contribution in [0.25, 0.3) is 17.0 Å². The number of fused-ring (bicyclic) bond motifs is 1. The van der Waals surface area contributed by atoms with Gasteiger partial charge in [0.1, 0.15) is 11.6 Å². The number of nitriles is 2. The highest BCUT2D eigenvalue weighted by Gasteiger charge is 2.14. The molecule has 1 aromatic heterocycles. The van der Waals surface area contributed by atoms with E-state index in [1.807, 2.05) is 59.3 Å². The molecule has 7 nitrogen and oxygen atoms in total. The molecule has 0 saturated carbocycles. The van der Waals surface area contributed by atoms with Crippen LogP contribution in [0.5, 0.6) is 0 Å². The lowest BCUT2D eigenvalue weighted by Gasteiger charge is -2.07. The van der Waals surface area contributed by atoms with Gasteiger partial charge in [-0.05, 0) is 48.0 Å². The van der Waals surface area contributed by atoms with E-state index < -0.39 is 11.9 Å². The summed E-state index contributed by atoms with van der Waals surface area (Å²) >= 11 is 0. The molecule has 1 N–H and O–H groups in total. The molecule has 170 valence electrons. The molecule has 0 radical (unpaired) electrons. The van der Waals surface area contributed by atoms with Crippen molar-refractivity contribution in [2.45, 2.75) is 6.54 Å². The van der Waals surface area contributed by atoms with Crippen LogP contribution in [0.4, 0.5) is 5.69 Å². The fraction of sp³-hybridized carbons (Fsp3) is 0.0714. The Bertz CT molecular complexity index is 1530. The summed E-state index contributed by atoms with van der Waals surface area (Å²) in [6.45, 7) is 0.471. The van der Waals surface area contributed by atoms with Crippen LogP contribution >= 0.6 is 0 Å². The molecule has 0 aliphatic carbocycles. The van der Waals surface area contributed by atoms with Crippen molar-refractivity contribution in [1.29, 1.82) is 10.5 Å². The topological polar surface area (TPSA) is 108 Å². The molecule has 4 aromatic rings. The largest absolute Gasteiger partial charge is 0.465 e. The van der Waals surface area contributed by atoms with Gasteiger partial charge in [-0.2, -0.15) is 10.5 Å². The third kappa shape index (κ3) is 4.95. The summed E-state index contributed by atoms with van der Waals surface area (Å²) in [5, 5.41) is 22.7. The molecule has 0 atom stereocenters. The normalized spacial score (nSPS) is 10.9. The summed E-state index contributed by atoms with van der Waals surface area (Å²) < 4.78 is 6.67. The molecule has 0 saturated heterocycles. The summed E-state index contributed by atoms with van der Waals surface area (Å²) in [5.41, 5.74) is 3.83. The number of ether oxygens (including phenoxy) is 1. The van der Waals surface area contributed by atoms with Crippen LogP contribution in [0, 0.1) is 22.7 Å². The van der Waals surface area contributed by atoms with E-state index in [1.165, 1.54) is 19.2 Å². The lowest BCUT2D eigenvalue weighted by Crippen LogP contribution is -2.13. The number of nitrogens with one attached hydrogen (secondary N) is 1. The average Bonchev–Trinajstić information content (AvgIpc) is 3.24. The van der Waals surface area contributed by atoms with Gasteiger partial charge in [-0.1, -0.05) is 36.4 Å². The first-order valence-corrected chi connectivity index (χ1v) is 10.7. The molecule has 0 spiro atoms. The minimum Gasteiger partial charge on any atom is -0.465 e. The van der Waals surface area contributed by atoms with Gasteiger partial charge in [0.25, 0.3) is 5.91 Å². The first-order valence-electron chi connectivity index (χ1n) is 10.7. The quantitative estimate of drug-likeness (QED) is 0.250. The Morgan fingerprint density at radius 1 is 1.00 bits per heavy atom. The average molecular weight is 460 g/mol. The van der Waals surface area contributed by atoms with Gasteiger partial charge >= 0.3 is 5.97 Å². The highest BCUT2D eigenvalue weighted by Crippen LogP contribution is 2.25. The molecule has 0 aliphatic rings. The summed E-state index contributed by atoms with van der Waals surface area (Å²) in [6.07, 6.45) is 3.42. The molecule has 3 aromatic carbocycles. The fourth-order valence-electron chi connectivity index (χ4n) is 3.78. The SMILES string of the molecule is COC(=O)c1ccc(NC(=O)C(C#N)=Cc2cn(Cc3ccccc3C#N)c3ccccc23)cc1. The number of hydrogen-bond donors (Lipinski definition) is 1.